The van der Waals surface area contributed by atoms with E-state index in [0.29, 0.717) is 11.7 Å². The number of alkyl halides is 1. The standard InChI is InChI=1S/C9H9BrO/c10-8-6-3-1-2-4(6)5(2)7(3)9(8)11/h2-8H,1H2/t2-,3+,4+,5-,6+,7-,8+/m1/s1. The maximum absolute atomic E-state index is 11.6. The van der Waals surface area contributed by atoms with Gasteiger partial charge in [0.2, 0.25) is 0 Å². The van der Waals surface area contributed by atoms with Crippen LogP contribution in [0, 0.1) is 35.5 Å². The van der Waals surface area contributed by atoms with Crippen LogP contribution in [0.3, 0.4) is 0 Å². The first-order valence-electron chi connectivity index (χ1n) is 4.48. The third kappa shape index (κ3) is 0.379. The average Bonchev–Trinajstić information content (AvgIpc) is 2.39. The largest absolute Gasteiger partial charge is 0.298 e. The van der Waals surface area contributed by atoms with E-state index < -0.39 is 0 Å². The van der Waals surface area contributed by atoms with Gasteiger partial charge in [0.1, 0.15) is 5.78 Å². The van der Waals surface area contributed by atoms with Crippen molar-refractivity contribution in [3.8, 4) is 0 Å². The highest BCUT2D eigenvalue weighted by molar-refractivity contribution is 9.10. The molecule has 0 saturated heterocycles. The van der Waals surface area contributed by atoms with Crippen LogP contribution in [0.5, 0.6) is 0 Å². The summed E-state index contributed by atoms with van der Waals surface area (Å²) < 4.78 is 0. The van der Waals surface area contributed by atoms with E-state index in [1.165, 1.54) is 6.42 Å². The van der Waals surface area contributed by atoms with Crippen LogP contribution in [-0.4, -0.2) is 10.6 Å². The number of rotatable bonds is 0. The summed E-state index contributed by atoms with van der Waals surface area (Å²) in [5, 5.41) is 0. The van der Waals surface area contributed by atoms with Crippen LogP contribution >= 0.6 is 15.9 Å². The molecule has 1 nitrogen and oxygen atoms in total. The Kier molecular flexibility index (Phi) is 0.701. The Balaban J connectivity index is 1.96. The quantitative estimate of drug-likeness (QED) is 0.557. The summed E-state index contributed by atoms with van der Waals surface area (Å²) in [6, 6.07) is 0. The topological polar surface area (TPSA) is 17.1 Å². The van der Waals surface area contributed by atoms with Crippen molar-refractivity contribution in [2.45, 2.75) is 11.2 Å². The van der Waals surface area contributed by atoms with Crippen LogP contribution in [0.15, 0.2) is 0 Å². The molecule has 0 unspecified atom stereocenters. The van der Waals surface area contributed by atoms with Gasteiger partial charge in [0.15, 0.2) is 0 Å². The Hall–Kier alpha value is 0.150. The third-order valence-electron chi connectivity index (χ3n) is 4.59. The van der Waals surface area contributed by atoms with Gasteiger partial charge < -0.3 is 0 Å². The van der Waals surface area contributed by atoms with Gasteiger partial charge >= 0.3 is 0 Å². The van der Waals surface area contributed by atoms with Crippen LogP contribution in [0.2, 0.25) is 0 Å². The van der Waals surface area contributed by atoms with Gasteiger partial charge in [-0.15, -0.1) is 0 Å². The van der Waals surface area contributed by atoms with E-state index in [9.17, 15) is 4.79 Å². The molecule has 0 spiro atoms. The summed E-state index contributed by atoms with van der Waals surface area (Å²) in [6.07, 6.45) is 1.39. The number of carbonyl (C=O) groups is 1. The van der Waals surface area contributed by atoms with Crippen LogP contribution in [0.1, 0.15) is 6.42 Å². The van der Waals surface area contributed by atoms with Crippen molar-refractivity contribution in [3.05, 3.63) is 0 Å². The van der Waals surface area contributed by atoms with E-state index in [1.54, 1.807) is 0 Å². The van der Waals surface area contributed by atoms with E-state index in [2.05, 4.69) is 15.9 Å². The van der Waals surface area contributed by atoms with Crippen LogP contribution in [-0.2, 0) is 4.79 Å². The molecule has 5 aliphatic rings. The zero-order valence-electron chi connectivity index (χ0n) is 6.03. The molecule has 2 heteroatoms. The van der Waals surface area contributed by atoms with Crippen molar-refractivity contribution in [1.29, 1.82) is 0 Å². The lowest BCUT2D eigenvalue weighted by atomic mass is 9.99. The van der Waals surface area contributed by atoms with E-state index >= 15 is 0 Å². The van der Waals surface area contributed by atoms with Gasteiger partial charge in [-0.3, -0.25) is 4.79 Å². The first-order valence-corrected chi connectivity index (χ1v) is 5.40. The van der Waals surface area contributed by atoms with E-state index in [-0.39, 0.29) is 4.83 Å². The Morgan fingerprint density at radius 2 is 2.00 bits per heavy atom. The first kappa shape index (κ1) is 5.74. The fraction of sp³-hybridized carbons (Fsp3) is 0.889. The van der Waals surface area contributed by atoms with Gasteiger partial charge in [-0.05, 0) is 36.0 Å². The predicted octanol–water partition coefficient (Wildman–Crippen LogP) is 1.46. The summed E-state index contributed by atoms with van der Waals surface area (Å²) in [5.41, 5.74) is 0. The molecule has 0 aromatic carbocycles. The summed E-state index contributed by atoms with van der Waals surface area (Å²) in [4.78, 5) is 11.8. The monoisotopic (exact) mass is 212 g/mol. The lowest BCUT2D eigenvalue weighted by Crippen LogP contribution is -2.23. The fourth-order valence-electron chi connectivity index (χ4n) is 4.40. The normalized spacial score (nSPS) is 74.6. The average molecular weight is 213 g/mol. The second kappa shape index (κ2) is 1.34. The molecule has 6 bridgehead atoms. The molecule has 58 valence electrons. The number of carbonyl (C=O) groups excluding carboxylic acids is 1. The number of Topliss-reactive ketones (excluding diaryl/α,β-unsaturated/α-hetero) is 1. The second-order valence-electron chi connectivity index (χ2n) is 4.63. The number of hydrogen-bond donors (Lipinski definition) is 0. The Bertz CT molecular complexity index is 275. The SMILES string of the molecule is O=C1[C@@H]2[C@H]3C[C@@H]4[C@@H]([C@@H]42)[C@H]3[C@@H]1Br. The van der Waals surface area contributed by atoms with Crippen molar-refractivity contribution in [2.24, 2.45) is 35.5 Å². The molecule has 5 fully saturated rings. The summed E-state index contributed by atoms with van der Waals surface area (Å²) >= 11 is 3.55. The second-order valence-corrected chi connectivity index (χ2v) is 5.61. The molecule has 0 aromatic heterocycles. The third-order valence-corrected chi connectivity index (χ3v) is 5.65. The fourth-order valence-corrected chi connectivity index (χ4v) is 5.45. The molecule has 0 N–H and O–H groups in total. The zero-order chi connectivity index (χ0) is 7.33. The van der Waals surface area contributed by atoms with Gasteiger partial charge in [-0.2, -0.15) is 0 Å². The summed E-state index contributed by atoms with van der Waals surface area (Å²) in [7, 11) is 0. The molecule has 0 amide bonds. The Morgan fingerprint density at radius 1 is 1.18 bits per heavy atom. The Labute approximate surface area is 73.7 Å². The molecule has 5 rings (SSSR count). The minimum absolute atomic E-state index is 0.256. The summed E-state index contributed by atoms with van der Waals surface area (Å²) in [6.45, 7) is 0. The van der Waals surface area contributed by atoms with Crippen LogP contribution in [0.25, 0.3) is 0 Å². The molecule has 0 radical (unpaired) electrons. The Morgan fingerprint density at radius 3 is 2.55 bits per heavy atom. The van der Waals surface area contributed by atoms with Crippen molar-refractivity contribution in [3.63, 3.8) is 0 Å². The van der Waals surface area contributed by atoms with Gasteiger partial charge in [-0.1, -0.05) is 15.9 Å². The van der Waals surface area contributed by atoms with Crippen LogP contribution in [0.4, 0.5) is 0 Å². The van der Waals surface area contributed by atoms with Gasteiger partial charge in [0.25, 0.3) is 0 Å². The van der Waals surface area contributed by atoms with Crippen molar-refractivity contribution < 1.29 is 4.79 Å². The van der Waals surface area contributed by atoms with Gasteiger partial charge in [0.05, 0.1) is 4.83 Å². The van der Waals surface area contributed by atoms with Gasteiger partial charge in [-0.25, -0.2) is 0 Å². The molecule has 11 heavy (non-hydrogen) atoms. The number of hydrogen-bond acceptors (Lipinski definition) is 1. The molecule has 0 aromatic rings. The van der Waals surface area contributed by atoms with Crippen molar-refractivity contribution in [1.82, 2.24) is 0 Å². The first-order chi connectivity index (χ1) is 5.30. The lowest BCUT2D eigenvalue weighted by Gasteiger charge is -2.12. The lowest BCUT2D eigenvalue weighted by molar-refractivity contribution is -0.121. The van der Waals surface area contributed by atoms with Crippen LogP contribution < -0.4 is 0 Å². The summed E-state index contributed by atoms with van der Waals surface area (Å²) in [5.74, 6) is 5.47. The number of halogens is 1. The molecule has 0 heterocycles. The smallest absolute Gasteiger partial charge is 0.150 e. The zero-order valence-corrected chi connectivity index (χ0v) is 7.62. The molecular weight excluding hydrogens is 204 g/mol. The molecule has 7 atom stereocenters. The highest BCUT2D eigenvalue weighted by Crippen LogP contribution is 2.80. The minimum Gasteiger partial charge on any atom is -0.298 e. The molecule has 5 aliphatic carbocycles. The molecule has 0 aliphatic heterocycles. The van der Waals surface area contributed by atoms with Crippen molar-refractivity contribution in [2.75, 3.05) is 0 Å². The predicted molar refractivity (Wildman–Crippen MR) is 43.3 cm³/mol. The van der Waals surface area contributed by atoms with E-state index in [1.807, 2.05) is 0 Å². The van der Waals surface area contributed by atoms with Crippen molar-refractivity contribution >= 4 is 21.7 Å². The highest BCUT2D eigenvalue weighted by atomic mass is 79.9. The molecule has 5 saturated carbocycles. The number of ketones is 1. The maximum Gasteiger partial charge on any atom is 0.150 e. The van der Waals surface area contributed by atoms with E-state index in [0.717, 1.165) is 29.6 Å². The van der Waals surface area contributed by atoms with Gasteiger partial charge in [0, 0.05) is 5.92 Å². The maximum atomic E-state index is 11.6. The minimum atomic E-state index is 0.256. The van der Waals surface area contributed by atoms with E-state index in [4.69, 9.17) is 0 Å². The highest BCUT2D eigenvalue weighted by Gasteiger charge is 2.80. The molecular formula is C9H9BrO.